The summed E-state index contributed by atoms with van der Waals surface area (Å²) >= 11 is 0. The minimum atomic E-state index is 0.239. The highest BCUT2D eigenvalue weighted by molar-refractivity contribution is 5.28. The lowest BCUT2D eigenvalue weighted by molar-refractivity contribution is 0.0451. The number of piperidine rings is 1. The lowest BCUT2D eigenvalue weighted by atomic mass is 9.94. The number of hydrogen-bond acceptors (Lipinski definition) is 3. The molecular weight excluding hydrogens is 190 g/mol. The van der Waals surface area contributed by atoms with E-state index in [-0.39, 0.29) is 12.1 Å². The molecule has 0 aliphatic carbocycles. The third kappa shape index (κ3) is 2.30. The SMILES string of the molecule is COC1CCCNC1c1ccc(O)cc1. The van der Waals surface area contributed by atoms with Gasteiger partial charge in [-0.3, -0.25) is 0 Å². The van der Waals surface area contributed by atoms with Crippen LogP contribution >= 0.6 is 0 Å². The van der Waals surface area contributed by atoms with Gasteiger partial charge in [0, 0.05) is 7.11 Å². The Labute approximate surface area is 90.1 Å². The third-order valence-electron chi connectivity index (χ3n) is 2.96. The maximum atomic E-state index is 9.23. The van der Waals surface area contributed by atoms with Crippen LogP contribution in [0.5, 0.6) is 5.75 Å². The van der Waals surface area contributed by atoms with Gasteiger partial charge in [0.25, 0.3) is 0 Å². The molecule has 3 nitrogen and oxygen atoms in total. The molecule has 2 N–H and O–H groups in total. The molecule has 1 heterocycles. The summed E-state index contributed by atoms with van der Waals surface area (Å²) in [6.45, 7) is 1.03. The van der Waals surface area contributed by atoms with Gasteiger partial charge < -0.3 is 15.2 Å². The number of phenols is 1. The topological polar surface area (TPSA) is 41.5 Å². The summed E-state index contributed by atoms with van der Waals surface area (Å²) in [6, 6.07) is 7.59. The number of rotatable bonds is 2. The van der Waals surface area contributed by atoms with E-state index in [2.05, 4.69) is 5.32 Å². The Morgan fingerprint density at radius 1 is 1.33 bits per heavy atom. The Hall–Kier alpha value is -1.06. The second-order valence-electron chi connectivity index (χ2n) is 3.94. The second-order valence-corrected chi connectivity index (χ2v) is 3.94. The lowest BCUT2D eigenvalue weighted by Crippen LogP contribution is -2.38. The van der Waals surface area contributed by atoms with Gasteiger partial charge in [0.05, 0.1) is 12.1 Å². The van der Waals surface area contributed by atoms with E-state index >= 15 is 0 Å². The largest absolute Gasteiger partial charge is 0.508 e. The molecule has 0 spiro atoms. The molecule has 1 aliphatic rings. The van der Waals surface area contributed by atoms with E-state index in [1.165, 1.54) is 5.56 Å². The number of benzene rings is 1. The number of ether oxygens (including phenoxy) is 1. The van der Waals surface area contributed by atoms with Crippen molar-refractivity contribution in [3.05, 3.63) is 29.8 Å². The molecule has 0 amide bonds. The fraction of sp³-hybridized carbons (Fsp3) is 0.500. The van der Waals surface area contributed by atoms with Gasteiger partial charge in [0.2, 0.25) is 0 Å². The molecule has 1 aromatic carbocycles. The van der Waals surface area contributed by atoms with Crippen molar-refractivity contribution in [2.45, 2.75) is 25.0 Å². The molecule has 1 saturated heterocycles. The van der Waals surface area contributed by atoms with Crippen LogP contribution in [0, 0.1) is 0 Å². The third-order valence-corrected chi connectivity index (χ3v) is 2.96. The maximum absolute atomic E-state index is 9.23. The summed E-state index contributed by atoms with van der Waals surface area (Å²) in [4.78, 5) is 0. The van der Waals surface area contributed by atoms with E-state index in [0.29, 0.717) is 5.75 Å². The standard InChI is InChI=1S/C12H17NO2/c1-15-11-3-2-8-13-12(11)9-4-6-10(14)7-5-9/h4-7,11-14H,2-3,8H2,1H3. The molecule has 15 heavy (non-hydrogen) atoms. The van der Waals surface area contributed by atoms with Gasteiger partial charge in [-0.05, 0) is 37.1 Å². The summed E-state index contributed by atoms with van der Waals surface area (Å²) in [7, 11) is 1.76. The quantitative estimate of drug-likeness (QED) is 0.777. The lowest BCUT2D eigenvalue weighted by Gasteiger charge is -2.31. The summed E-state index contributed by atoms with van der Waals surface area (Å²) < 4.78 is 5.46. The summed E-state index contributed by atoms with van der Waals surface area (Å²) in [5.74, 6) is 0.309. The maximum Gasteiger partial charge on any atom is 0.115 e. The first-order valence-electron chi connectivity index (χ1n) is 5.36. The van der Waals surface area contributed by atoms with Crippen LogP contribution in [0.1, 0.15) is 24.4 Å². The smallest absolute Gasteiger partial charge is 0.115 e. The predicted molar refractivity (Wildman–Crippen MR) is 58.9 cm³/mol. The molecule has 0 radical (unpaired) electrons. The average Bonchev–Trinajstić information content (AvgIpc) is 2.30. The number of methoxy groups -OCH3 is 1. The number of hydrogen-bond donors (Lipinski definition) is 2. The van der Waals surface area contributed by atoms with Gasteiger partial charge in [0.1, 0.15) is 5.75 Å². The van der Waals surface area contributed by atoms with E-state index in [1.807, 2.05) is 12.1 Å². The zero-order valence-corrected chi connectivity index (χ0v) is 8.94. The second kappa shape index (κ2) is 4.64. The van der Waals surface area contributed by atoms with Crippen LogP contribution in [-0.2, 0) is 4.74 Å². The first-order valence-corrected chi connectivity index (χ1v) is 5.36. The van der Waals surface area contributed by atoms with Gasteiger partial charge in [-0.2, -0.15) is 0 Å². The van der Waals surface area contributed by atoms with Crippen LogP contribution in [0.15, 0.2) is 24.3 Å². The Balaban J connectivity index is 2.16. The zero-order chi connectivity index (χ0) is 10.7. The van der Waals surface area contributed by atoms with Crippen LogP contribution in [-0.4, -0.2) is 24.9 Å². The Morgan fingerprint density at radius 3 is 2.73 bits per heavy atom. The van der Waals surface area contributed by atoms with Crippen molar-refractivity contribution in [3.8, 4) is 5.75 Å². The number of phenolic OH excluding ortho intramolecular Hbond substituents is 1. The first-order chi connectivity index (χ1) is 7.31. The van der Waals surface area contributed by atoms with Gasteiger partial charge >= 0.3 is 0 Å². The fourth-order valence-electron chi connectivity index (χ4n) is 2.13. The van der Waals surface area contributed by atoms with Gasteiger partial charge in [-0.1, -0.05) is 12.1 Å². The normalized spacial score (nSPS) is 26.5. The van der Waals surface area contributed by atoms with Crippen molar-refractivity contribution < 1.29 is 9.84 Å². The Kier molecular flexibility index (Phi) is 3.23. The Morgan fingerprint density at radius 2 is 2.07 bits per heavy atom. The monoisotopic (exact) mass is 207 g/mol. The molecule has 82 valence electrons. The molecule has 0 saturated carbocycles. The Bertz CT molecular complexity index is 310. The summed E-state index contributed by atoms with van der Waals surface area (Å²) in [5.41, 5.74) is 1.18. The number of aromatic hydroxyl groups is 1. The van der Waals surface area contributed by atoms with Crippen molar-refractivity contribution in [2.75, 3.05) is 13.7 Å². The van der Waals surface area contributed by atoms with E-state index in [4.69, 9.17) is 4.74 Å². The van der Waals surface area contributed by atoms with E-state index in [9.17, 15) is 5.11 Å². The highest BCUT2D eigenvalue weighted by Gasteiger charge is 2.25. The van der Waals surface area contributed by atoms with Crippen molar-refractivity contribution in [1.29, 1.82) is 0 Å². The van der Waals surface area contributed by atoms with E-state index in [0.717, 1.165) is 19.4 Å². The molecule has 1 fully saturated rings. The van der Waals surface area contributed by atoms with Crippen molar-refractivity contribution in [2.24, 2.45) is 0 Å². The van der Waals surface area contributed by atoms with Gasteiger partial charge in [0.15, 0.2) is 0 Å². The zero-order valence-electron chi connectivity index (χ0n) is 8.94. The molecule has 3 heteroatoms. The highest BCUT2D eigenvalue weighted by atomic mass is 16.5. The summed E-state index contributed by atoms with van der Waals surface area (Å²) in [5, 5.41) is 12.7. The molecule has 2 unspecified atom stereocenters. The van der Waals surface area contributed by atoms with Crippen LogP contribution in [0.2, 0.25) is 0 Å². The van der Waals surface area contributed by atoms with Crippen LogP contribution in [0.3, 0.4) is 0 Å². The van der Waals surface area contributed by atoms with Crippen LogP contribution in [0.4, 0.5) is 0 Å². The fourth-order valence-corrected chi connectivity index (χ4v) is 2.13. The van der Waals surface area contributed by atoms with Crippen molar-refractivity contribution in [1.82, 2.24) is 5.32 Å². The molecular formula is C12H17NO2. The number of nitrogens with one attached hydrogen (secondary N) is 1. The minimum Gasteiger partial charge on any atom is -0.508 e. The summed E-state index contributed by atoms with van der Waals surface area (Å²) in [6.07, 6.45) is 2.49. The van der Waals surface area contributed by atoms with Gasteiger partial charge in [-0.15, -0.1) is 0 Å². The van der Waals surface area contributed by atoms with Crippen LogP contribution in [0.25, 0.3) is 0 Å². The predicted octanol–water partition coefficient (Wildman–Crippen LogP) is 1.83. The molecule has 1 aliphatic heterocycles. The molecule has 0 aromatic heterocycles. The highest BCUT2D eigenvalue weighted by Crippen LogP contribution is 2.26. The minimum absolute atomic E-state index is 0.239. The van der Waals surface area contributed by atoms with E-state index in [1.54, 1.807) is 19.2 Å². The van der Waals surface area contributed by atoms with Gasteiger partial charge in [-0.25, -0.2) is 0 Å². The van der Waals surface area contributed by atoms with Crippen molar-refractivity contribution in [3.63, 3.8) is 0 Å². The molecule has 2 rings (SSSR count). The molecule has 2 atom stereocenters. The first kappa shape index (κ1) is 10.5. The van der Waals surface area contributed by atoms with E-state index < -0.39 is 0 Å². The average molecular weight is 207 g/mol. The van der Waals surface area contributed by atoms with Crippen LogP contribution < -0.4 is 5.32 Å². The molecule has 0 bridgehead atoms. The van der Waals surface area contributed by atoms with Crippen molar-refractivity contribution >= 4 is 0 Å². The molecule has 1 aromatic rings.